The van der Waals surface area contributed by atoms with Gasteiger partial charge in [0, 0.05) is 56.4 Å². The highest BCUT2D eigenvalue weighted by Crippen LogP contribution is 2.42. The van der Waals surface area contributed by atoms with Gasteiger partial charge in [0.05, 0.1) is 24.2 Å². The highest BCUT2D eigenvalue weighted by molar-refractivity contribution is 7.90. The van der Waals surface area contributed by atoms with E-state index >= 15 is 0 Å². The van der Waals surface area contributed by atoms with Gasteiger partial charge >= 0.3 is 0 Å². The molecule has 6 rings (SSSR count). The Hall–Kier alpha value is -2.89. The number of aryl methyl sites for hydroxylation is 1. The molecule has 51 heavy (non-hydrogen) atoms. The Morgan fingerprint density at radius 2 is 1.84 bits per heavy atom. The van der Waals surface area contributed by atoms with Crippen molar-refractivity contribution in [1.29, 1.82) is 0 Å². The fourth-order valence-electron chi connectivity index (χ4n) is 7.86. The summed E-state index contributed by atoms with van der Waals surface area (Å²) in [6.07, 6.45) is 11.1. The van der Waals surface area contributed by atoms with E-state index < -0.39 is 21.2 Å². The minimum absolute atomic E-state index is 0.292. The van der Waals surface area contributed by atoms with E-state index in [1.807, 2.05) is 30.3 Å². The number of amides is 1. The number of hydrogen-bond donors (Lipinski definition) is 1. The lowest BCUT2D eigenvalue weighted by Gasteiger charge is -2.42. The van der Waals surface area contributed by atoms with E-state index in [-0.39, 0.29) is 0 Å². The zero-order valence-electron chi connectivity index (χ0n) is 30.3. The number of sulfonamides is 1. The molecule has 3 heterocycles. The molecule has 0 spiro atoms. The van der Waals surface area contributed by atoms with Gasteiger partial charge in [-0.25, -0.2) is 13.1 Å². The molecule has 0 radical (unpaired) electrons. The monoisotopic (exact) mass is 738 g/mol. The van der Waals surface area contributed by atoms with Crippen molar-refractivity contribution in [3.63, 3.8) is 0 Å². The predicted molar refractivity (Wildman–Crippen MR) is 205 cm³/mol. The summed E-state index contributed by atoms with van der Waals surface area (Å²) < 4.78 is 41.3. The zero-order valence-corrected chi connectivity index (χ0v) is 31.9. The van der Waals surface area contributed by atoms with E-state index in [1.165, 1.54) is 12.0 Å². The number of halogens is 1. The molecule has 278 valence electrons. The van der Waals surface area contributed by atoms with Crippen LogP contribution in [0.1, 0.15) is 66.9 Å². The summed E-state index contributed by atoms with van der Waals surface area (Å²) in [5.41, 5.74) is 3.98. The average molecular weight is 739 g/mol. The number of nitrogens with zero attached hydrogens (tertiary/aromatic N) is 3. The Morgan fingerprint density at radius 3 is 2.63 bits per heavy atom. The van der Waals surface area contributed by atoms with Crippen molar-refractivity contribution in [1.82, 2.24) is 14.5 Å². The molecule has 1 saturated heterocycles. The molecule has 2 aromatic rings. The van der Waals surface area contributed by atoms with E-state index in [1.54, 1.807) is 13.0 Å². The van der Waals surface area contributed by atoms with Crippen LogP contribution in [0.3, 0.4) is 0 Å². The van der Waals surface area contributed by atoms with Crippen molar-refractivity contribution in [2.24, 2.45) is 17.8 Å². The molecule has 0 aromatic heterocycles. The van der Waals surface area contributed by atoms with Gasteiger partial charge in [0.15, 0.2) is 0 Å². The number of fused-ring (bicyclic) bond motifs is 3. The molecule has 2 bridgehead atoms. The van der Waals surface area contributed by atoms with Gasteiger partial charge in [-0.3, -0.25) is 9.69 Å². The first-order valence-corrected chi connectivity index (χ1v) is 20.7. The fourth-order valence-corrected chi connectivity index (χ4v) is 9.14. The van der Waals surface area contributed by atoms with Gasteiger partial charge in [0.25, 0.3) is 5.91 Å². The summed E-state index contributed by atoms with van der Waals surface area (Å²) in [4.78, 5) is 20.9. The van der Waals surface area contributed by atoms with Crippen molar-refractivity contribution < 1.29 is 22.7 Å². The van der Waals surface area contributed by atoms with E-state index in [0.29, 0.717) is 47.7 Å². The van der Waals surface area contributed by atoms with E-state index in [0.717, 1.165) is 107 Å². The molecule has 1 aliphatic carbocycles. The third kappa shape index (κ3) is 9.96. The minimum Gasteiger partial charge on any atom is -0.487 e. The Kier molecular flexibility index (Phi) is 12.8. The molecule has 1 saturated carbocycles. The number of morpholine rings is 1. The van der Waals surface area contributed by atoms with Crippen LogP contribution in [-0.2, 0) is 27.8 Å². The van der Waals surface area contributed by atoms with Crippen LogP contribution in [0.5, 0.6) is 5.75 Å². The third-order valence-electron chi connectivity index (χ3n) is 11.4. The normalized spacial score (nSPS) is 27.1. The summed E-state index contributed by atoms with van der Waals surface area (Å²) in [5, 5.41) is -0.206. The second-order valence-electron chi connectivity index (χ2n) is 15.0. The number of rotatable bonds is 5. The molecule has 4 aliphatic rings. The van der Waals surface area contributed by atoms with Gasteiger partial charge in [0.2, 0.25) is 10.0 Å². The average Bonchev–Trinajstić information content (AvgIpc) is 3.14. The molecule has 1 amide bonds. The summed E-state index contributed by atoms with van der Waals surface area (Å²) >= 11 is 6.38. The van der Waals surface area contributed by atoms with Gasteiger partial charge in [-0.2, -0.15) is 0 Å². The Labute approximate surface area is 310 Å². The largest absolute Gasteiger partial charge is 0.487 e. The number of nitrogens with one attached hydrogen (secondary N) is 1. The van der Waals surface area contributed by atoms with Gasteiger partial charge in [0.1, 0.15) is 12.4 Å². The molecule has 9 nitrogen and oxygen atoms in total. The summed E-state index contributed by atoms with van der Waals surface area (Å²) in [6, 6.07) is 11.3. The van der Waals surface area contributed by atoms with E-state index in [9.17, 15) is 13.2 Å². The molecule has 1 unspecified atom stereocenters. The lowest BCUT2D eigenvalue weighted by molar-refractivity contribution is 0.0338. The minimum atomic E-state index is -4.01. The van der Waals surface area contributed by atoms with E-state index in [2.05, 4.69) is 45.2 Å². The SMILES string of the molecule is C=C1C/C=C/C(CN(C)CCN2CCOCC2)C[C@@H]2CC[C@H]2CN2CCCCc3cc(Cl)ccc3COc3ccc(cc32)C(=O)NS(=O)(=O)[C@@H]1C. The Bertz CT molecular complexity index is 1680. The number of likely N-dealkylation sites (N-methyl/N-ethyl adjacent to an activating group) is 1. The first-order valence-electron chi connectivity index (χ1n) is 18.7. The summed E-state index contributed by atoms with van der Waals surface area (Å²) in [7, 11) is -1.80. The molecule has 4 atom stereocenters. The van der Waals surface area contributed by atoms with Crippen LogP contribution < -0.4 is 14.4 Å². The van der Waals surface area contributed by atoms with Crippen molar-refractivity contribution in [3.05, 3.63) is 82.4 Å². The number of benzene rings is 2. The topological polar surface area (TPSA) is 91.4 Å². The zero-order chi connectivity index (χ0) is 36.0. The quantitative estimate of drug-likeness (QED) is 0.357. The molecule has 2 aromatic carbocycles. The number of ether oxygens (including phenoxy) is 2. The maximum absolute atomic E-state index is 13.6. The van der Waals surface area contributed by atoms with Crippen LogP contribution in [0.15, 0.2) is 60.7 Å². The van der Waals surface area contributed by atoms with Gasteiger partial charge in [-0.1, -0.05) is 42.0 Å². The Balaban J connectivity index is 1.28. The maximum Gasteiger partial charge on any atom is 0.264 e. The van der Waals surface area contributed by atoms with Crippen molar-refractivity contribution in [2.75, 3.05) is 71.0 Å². The molecule has 2 fully saturated rings. The number of carbonyl (C=O) groups excluding carboxylic acids is 1. The predicted octanol–water partition coefficient (Wildman–Crippen LogP) is 6.32. The van der Waals surface area contributed by atoms with Crippen LogP contribution >= 0.6 is 11.6 Å². The first-order chi connectivity index (χ1) is 24.6. The lowest BCUT2D eigenvalue weighted by Crippen LogP contribution is -2.42. The van der Waals surface area contributed by atoms with Gasteiger partial charge < -0.3 is 19.3 Å². The number of hydrogen-bond acceptors (Lipinski definition) is 8. The summed E-state index contributed by atoms with van der Waals surface area (Å²) in [5.74, 6) is 1.46. The molecule has 3 aliphatic heterocycles. The maximum atomic E-state index is 13.6. The van der Waals surface area contributed by atoms with Crippen molar-refractivity contribution in [2.45, 2.75) is 63.7 Å². The second-order valence-corrected chi connectivity index (χ2v) is 17.4. The van der Waals surface area contributed by atoms with Crippen LogP contribution in [0.25, 0.3) is 0 Å². The lowest BCUT2D eigenvalue weighted by atomic mass is 9.69. The molecule has 11 heteroatoms. The van der Waals surface area contributed by atoms with Crippen molar-refractivity contribution >= 4 is 33.2 Å². The highest BCUT2D eigenvalue weighted by atomic mass is 35.5. The standard InChI is InChI=1S/C40H55ClN4O5S/c1-29-7-6-8-31(26-43(3)17-18-44-19-21-49-22-20-44)23-33-10-11-35(33)27-45-16-5-4-9-32-24-37(41)14-12-36(32)28-50-39-15-13-34(25-38(39)45)40(46)42-51(47,48)30(29)2/h6,8,12-15,24-25,30-31,33,35H,1,4-5,7,9-11,16-23,26-28H2,2-3H3,(H,42,46)/b8-6+/t30-,31?,33+,35+/m1/s1. The van der Waals surface area contributed by atoms with Crippen LogP contribution in [0, 0.1) is 17.8 Å². The van der Waals surface area contributed by atoms with Gasteiger partial charge in [-0.15, -0.1) is 0 Å². The number of anilines is 1. The fraction of sp³-hybridized carbons (Fsp3) is 0.575. The number of allylic oxidation sites excluding steroid dienone is 1. The molecule has 1 N–H and O–H groups in total. The van der Waals surface area contributed by atoms with Gasteiger partial charge in [-0.05, 0) is 118 Å². The Morgan fingerprint density at radius 1 is 1.04 bits per heavy atom. The van der Waals surface area contributed by atoms with Crippen LogP contribution in [-0.4, -0.2) is 95.4 Å². The van der Waals surface area contributed by atoms with Crippen molar-refractivity contribution in [3.8, 4) is 5.75 Å². The van der Waals surface area contributed by atoms with Crippen LogP contribution in [0.4, 0.5) is 5.69 Å². The van der Waals surface area contributed by atoms with Crippen LogP contribution in [0.2, 0.25) is 5.02 Å². The second kappa shape index (κ2) is 17.3. The molecular formula is C40H55ClN4O5S. The molecular weight excluding hydrogens is 684 g/mol. The summed E-state index contributed by atoms with van der Waals surface area (Å²) in [6.45, 7) is 14.3. The number of carbonyl (C=O) groups is 1. The first kappa shape index (κ1) is 37.9. The van der Waals surface area contributed by atoms with E-state index in [4.69, 9.17) is 21.1 Å². The highest BCUT2D eigenvalue weighted by Gasteiger charge is 2.35. The third-order valence-corrected chi connectivity index (χ3v) is 13.4. The smallest absolute Gasteiger partial charge is 0.264 e.